The lowest BCUT2D eigenvalue weighted by Gasteiger charge is -2.19. The number of rotatable bonds is 8. The molecule has 0 bridgehead atoms. The molecular weight excluding hydrogens is 388 g/mol. The first-order valence-corrected chi connectivity index (χ1v) is 11.3. The summed E-state index contributed by atoms with van der Waals surface area (Å²) >= 11 is 0. The molecule has 0 spiro atoms. The first-order valence-electron chi connectivity index (χ1n) is 11.3. The summed E-state index contributed by atoms with van der Waals surface area (Å²) < 4.78 is 1.94. The molecule has 1 aliphatic rings. The smallest absolute Gasteiger partial charge is 0.222 e. The van der Waals surface area contributed by atoms with Gasteiger partial charge in [-0.2, -0.15) is 5.10 Å². The highest BCUT2D eigenvalue weighted by Crippen LogP contribution is 2.18. The van der Waals surface area contributed by atoms with Gasteiger partial charge < -0.3 is 15.5 Å². The summed E-state index contributed by atoms with van der Waals surface area (Å²) in [6, 6.07) is 8.50. The molecule has 2 heterocycles. The van der Waals surface area contributed by atoms with Crippen molar-refractivity contribution in [3.8, 4) is 0 Å². The van der Waals surface area contributed by atoms with Gasteiger partial charge in [-0.1, -0.05) is 24.3 Å². The maximum absolute atomic E-state index is 12.0. The number of hydrogen-bond donors (Lipinski definition) is 2. The molecule has 31 heavy (non-hydrogen) atoms. The third kappa shape index (κ3) is 5.87. The molecule has 1 fully saturated rings. The first kappa shape index (κ1) is 22.8. The zero-order chi connectivity index (χ0) is 22.4. The van der Waals surface area contributed by atoms with E-state index >= 15 is 0 Å². The maximum atomic E-state index is 12.0. The highest BCUT2D eigenvalue weighted by atomic mass is 16.2. The Labute approximate surface area is 185 Å². The quantitative estimate of drug-likeness (QED) is 0.505. The molecule has 1 unspecified atom stereocenters. The molecule has 7 nitrogen and oxygen atoms in total. The Hall–Kier alpha value is -2.83. The van der Waals surface area contributed by atoms with Gasteiger partial charge in [-0.15, -0.1) is 0 Å². The minimum Gasteiger partial charge on any atom is -0.357 e. The van der Waals surface area contributed by atoms with Crippen LogP contribution in [0.15, 0.2) is 29.3 Å². The van der Waals surface area contributed by atoms with Crippen molar-refractivity contribution >= 4 is 11.9 Å². The standard InChI is InChI=1S/C24H36N6O/c1-6-25-24(27-17(2)14-22-18(3)28-29(5)19(22)4)26-15-20-10-7-8-11-21(20)16-30-13-9-12-23(30)31/h7-8,10-11,17H,6,9,12-16H2,1-5H3,(H2,25,26,27). The first-order chi connectivity index (χ1) is 14.9. The van der Waals surface area contributed by atoms with Gasteiger partial charge in [-0.25, -0.2) is 4.99 Å². The lowest BCUT2D eigenvalue weighted by Crippen LogP contribution is -2.43. The predicted octanol–water partition coefficient (Wildman–Crippen LogP) is 2.85. The normalized spacial score (nSPS) is 15.5. The zero-order valence-electron chi connectivity index (χ0n) is 19.5. The van der Waals surface area contributed by atoms with E-state index in [1.54, 1.807) is 0 Å². The summed E-state index contributed by atoms with van der Waals surface area (Å²) in [4.78, 5) is 18.8. The monoisotopic (exact) mass is 424 g/mol. The number of guanidine groups is 1. The maximum Gasteiger partial charge on any atom is 0.222 e. The van der Waals surface area contributed by atoms with Crippen molar-refractivity contribution in [1.82, 2.24) is 25.3 Å². The second-order valence-electron chi connectivity index (χ2n) is 8.41. The van der Waals surface area contributed by atoms with Crippen molar-refractivity contribution in [2.75, 3.05) is 13.1 Å². The molecular formula is C24H36N6O. The number of nitrogens with one attached hydrogen (secondary N) is 2. The average molecular weight is 425 g/mol. The second-order valence-corrected chi connectivity index (χ2v) is 8.41. The molecule has 0 aliphatic carbocycles. The van der Waals surface area contributed by atoms with E-state index in [0.717, 1.165) is 43.1 Å². The molecule has 3 rings (SSSR count). The Morgan fingerprint density at radius 2 is 2.00 bits per heavy atom. The average Bonchev–Trinajstić information content (AvgIpc) is 3.24. The van der Waals surface area contributed by atoms with Gasteiger partial charge in [0.15, 0.2) is 5.96 Å². The number of likely N-dealkylation sites (tertiary alicyclic amines) is 1. The molecule has 168 valence electrons. The Morgan fingerprint density at radius 1 is 1.26 bits per heavy atom. The van der Waals surface area contributed by atoms with Crippen molar-refractivity contribution in [3.63, 3.8) is 0 Å². The summed E-state index contributed by atoms with van der Waals surface area (Å²) in [6.07, 6.45) is 2.52. The number of aryl methyl sites for hydroxylation is 2. The van der Waals surface area contributed by atoms with Gasteiger partial charge in [0.25, 0.3) is 0 Å². The molecule has 1 aromatic carbocycles. The number of hydrogen-bond acceptors (Lipinski definition) is 3. The number of carbonyl (C=O) groups is 1. The molecule has 0 radical (unpaired) electrons. The Balaban J connectivity index is 1.67. The third-order valence-corrected chi connectivity index (χ3v) is 5.96. The molecule has 1 atom stereocenters. The fraction of sp³-hybridized carbons (Fsp3) is 0.542. The molecule has 1 aromatic heterocycles. The molecule has 0 saturated carbocycles. The zero-order valence-corrected chi connectivity index (χ0v) is 19.5. The van der Waals surface area contributed by atoms with E-state index < -0.39 is 0 Å². The van der Waals surface area contributed by atoms with Gasteiger partial charge in [-0.05, 0) is 57.2 Å². The van der Waals surface area contributed by atoms with Crippen molar-refractivity contribution in [2.45, 2.75) is 66.1 Å². The summed E-state index contributed by atoms with van der Waals surface area (Å²) in [5.74, 6) is 1.06. The number of aliphatic imine (C=N–C) groups is 1. The number of amides is 1. The number of benzene rings is 1. The minimum absolute atomic E-state index is 0.219. The summed E-state index contributed by atoms with van der Waals surface area (Å²) in [7, 11) is 1.99. The van der Waals surface area contributed by atoms with E-state index in [-0.39, 0.29) is 11.9 Å². The van der Waals surface area contributed by atoms with E-state index in [9.17, 15) is 4.79 Å². The molecule has 1 aliphatic heterocycles. The summed E-state index contributed by atoms with van der Waals surface area (Å²) in [5, 5.41) is 11.4. The summed E-state index contributed by atoms with van der Waals surface area (Å²) in [5.41, 5.74) is 5.91. The second kappa shape index (κ2) is 10.5. The Morgan fingerprint density at radius 3 is 2.61 bits per heavy atom. The van der Waals surface area contributed by atoms with Gasteiger partial charge >= 0.3 is 0 Å². The van der Waals surface area contributed by atoms with Crippen LogP contribution in [0.2, 0.25) is 0 Å². The third-order valence-electron chi connectivity index (χ3n) is 5.96. The van der Waals surface area contributed by atoms with E-state index in [0.29, 0.717) is 19.5 Å². The topological polar surface area (TPSA) is 74.6 Å². The van der Waals surface area contributed by atoms with Gasteiger partial charge in [0.05, 0.1) is 12.2 Å². The van der Waals surface area contributed by atoms with Gasteiger partial charge in [-0.3, -0.25) is 9.48 Å². The van der Waals surface area contributed by atoms with Crippen LogP contribution < -0.4 is 10.6 Å². The van der Waals surface area contributed by atoms with E-state index in [4.69, 9.17) is 4.99 Å². The Bertz CT molecular complexity index is 932. The highest BCUT2D eigenvalue weighted by molar-refractivity contribution is 5.80. The largest absolute Gasteiger partial charge is 0.357 e. The molecule has 2 aromatic rings. The van der Waals surface area contributed by atoms with Crippen LogP contribution in [0.5, 0.6) is 0 Å². The van der Waals surface area contributed by atoms with Crippen molar-refractivity contribution in [2.24, 2.45) is 12.0 Å². The van der Waals surface area contributed by atoms with Gasteiger partial charge in [0, 0.05) is 44.8 Å². The van der Waals surface area contributed by atoms with Crippen molar-refractivity contribution in [3.05, 3.63) is 52.3 Å². The van der Waals surface area contributed by atoms with Crippen LogP contribution in [0.3, 0.4) is 0 Å². The van der Waals surface area contributed by atoms with Crippen LogP contribution in [-0.4, -0.2) is 45.7 Å². The fourth-order valence-electron chi connectivity index (χ4n) is 4.13. The van der Waals surface area contributed by atoms with Crippen LogP contribution in [0.4, 0.5) is 0 Å². The Kier molecular flexibility index (Phi) is 7.71. The number of aromatic nitrogens is 2. The van der Waals surface area contributed by atoms with E-state index in [1.165, 1.54) is 16.8 Å². The number of nitrogens with zero attached hydrogens (tertiary/aromatic N) is 4. The van der Waals surface area contributed by atoms with Crippen LogP contribution in [0.1, 0.15) is 54.8 Å². The lowest BCUT2D eigenvalue weighted by atomic mass is 10.1. The molecule has 1 saturated heterocycles. The van der Waals surface area contributed by atoms with Crippen LogP contribution in [-0.2, 0) is 31.4 Å². The van der Waals surface area contributed by atoms with Crippen molar-refractivity contribution < 1.29 is 4.79 Å². The van der Waals surface area contributed by atoms with E-state index in [1.807, 2.05) is 28.8 Å². The SMILES string of the molecule is CCNC(=NCc1ccccc1CN1CCCC1=O)NC(C)Cc1c(C)nn(C)c1C. The molecule has 7 heteroatoms. The highest BCUT2D eigenvalue weighted by Gasteiger charge is 2.21. The van der Waals surface area contributed by atoms with Crippen LogP contribution >= 0.6 is 0 Å². The van der Waals surface area contributed by atoms with Crippen LogP contribution in [0.25, 0.3) is 0 Å². The summed E-state index contributed by atoms with van der Waals surface area (Å²) in [6.45, 7) is 11.3. The minimum atomic E-state index is 0.219. The van der Waals surface area contributed by atoms with Crippen molar-refractivity contribution in [1.29, 1.82) is 0 Å². The number of carbonyl (C=O) groups excluding carboxylic acids is 1. The van der Waals surface area contributed by atoms with E-state index in [2.05, 4.69) is 55.6 Å². The lowest BCUT2D eigenvalue weighted by molar-refractivity contribution is -0.128. The van der Waals surface area contributed by atoms with Gasteiger partial charge in [0.1, 0.15) is 0 Å². The molecule has 2 N–H and O–H groups in total. The van der Waals surface area contributed by atoms with Crippen LogP contribution in [0, 0.1) is 13.8 Å². The predicted molar refractivity (Wildman–Crippen MR) is 125 cm³/mol. The van der Waals surface area contributed by atoms with Gasteiger partial charge in [0.2, 0.25) is 5.91 Å². The molecule has 1 amide bonds. The fourth-order valence-corrected chi connectivity index (χ4v) is 4.13.